The normalized spacial score (nSPS) is 11.9. The molecule has 0 aromatic carbocycles. The average molecular weight is 239 g/mol. The third kappa shape index (κ3) is 7.94. The Morgan fingerprint density at radius 3 is 2.71 bits per heavy atom. The first kappa shape index (κ1) is 14.2. The summed E-state index contributed by atoms with van der Waals surface area (Å²) in [4.78, 5) is 7.29. The lowest BCUT2D eigenvalue weighted by Gasteiger charge is -2.19. The van der Waals surface area contributed by atoms with Crippen molar-refractivity contribution in [2.75, 3.05) is 19.7 Å². The van der Waals surface area contributed by atoms with Gasteiger partial charge in [-0.25, -0.2) is 4.98 Å². The highest BCUT2D eigenvalue weighted by atomic mass is 16.5. The van der Waals surface area contributed by atoms with Crippen LogP contribution in [0, 0.1) is 0 Å². The molecule has 4 nitrogen and oxygen atoms in total. The van der Waals surface area contributed by atoms with Crippen LogP contribution in [0.1, 0.15) is 39.4 Å². The molecule has 0 aliphatic heterocycles. The predicted octanol–water partition coefficient (Wildman–Crippen LogP) is 2.14. The van der Waals surface area contributed by atoms with Crippen LogP contribution in [0.3, 0.4) is 0 Å². The summed E-state index contributed by atoms with van der Waals surface area (Å²) < 4.78 is 5.64. The summed E-state index contributed by atoms with van der Waals surface area (Å²) in [5, 5.41) is 3.41. The van der Waals surface area contributed by atoms with Gasteiger partial charge in [-0.1, -0.05) is 0 Å². The van der Waals surface area contributed by atoms with Crippen LogP contribution in [0.15, 0.2) is 12.4 Å². The molecular weight excluding hydrogens is 214 g/mol. The van der Waals surface area contributed by atoms with E-state index >= 15 is 0 Å². The van der Waals surface area contributed by atoms with Crippen molar-refractivity contribution in [1.29, 1.82) is 0 Å². The molecule has 0 amide bonds. The standard InChI is InChI=1S/C13H25N3O/c1-13(2,3)17-11-5-8-14-7-4-6-12-15-9-10-16-12/h9-10,14H,4-8,11H2,1-3H3,(H,15,16). The van der Waals surface area contributed by atoms with E-state index in [-0.39, 0.29) is 5.60 Å². The monoisotopic (exact) mass is 239 g/mol. The molecule has 1 aromatic heterocycles. The molecule has 0 saturated heterocycles. The fraction of sp³-hybridized carbons (Fsp3) is 0.769. The molecule has 4 heteroatoms. The van der Waals surface area contributed by atoms with E-state index in [1.807, 2.05) is 6.20 Å². The van der Waals surface area contributed by atoms with E-state index < -0.39 is 0 Å². The van der Waals surface area contributed by atoms with Crippen LogP contribution in [-0.4, -0.2) is 35.3 Å². The largest absolute Gasteiger partial charge is 0.376 e. The van der Waals surface area contributed by atoms with Crippen LogP contribution in [0.2, 0.25) is 0 Å². The SMILES string of the molecule is CC(C)(C)OCCCNCCCc1ncc[nH]1. The maximum absolute atomic E-state index is 5.64. The third-order valence-corrected chi connectivity index (χ3v) is 2.35. The molecule has 0 aliphatic carbocycles. The number of nitrogens with one attached hydrogen (secondary N) is 2. The Bertz CT molecular complexity index is 277. The molecular formula is C13H25N3O. The van der Waals surface area contributed by atoms with Gasteiger partial charge in [-0.05, 0) is 46.7 Å². The highest BCUT2D eigenvalue weighted by Crippen LogP contribution is 2.06. The maximum atomic E-state index is 5.64. The Morgan fingerprint density at radius 2 is 2.06 bits per heavy atom. The molecule has 1 aromatic rings. The maximum Gasteiger partial charge on any atom is 0.106 e. The molecule has 0 bridgehead atoms. The first-order valence-electron chi connectivity index (χ1n) is 6.41. The van der Waals surface area contributed by atoms with Crippen molar-refractivity contribution in [2.24, 2.45) is 0 Å². The number of aryl methyl sites for hydroxylation is 1. The van der Waals surface area contributed by atoms with Gasteiger partial charge >= 0.3 is 0 Å². The Morgan fingerprint density at radius 1 is 1.29 bits per heavy atom. The Balaban J connectivity index is 1.85. The molecule has 0 spiro atoms. The Kier molecular flexibility index (Phi) is 6.22. The number of aromatic nitrogens is 2. The molecule has 0 aliphatic rings. The molecule has 98 valence electrons. The zero-order valence-corrected chi connectivity index (χ0v) is 11.3. The number of rotatable bonds is 8. The summed E-state index contributed by atoms with van der Waals surface area (Å²) in [6.45, 7) is 9.15. The molecule has 0 radical (unpaired) electrons. The van der Waals surface area contributed by atoms with Gasteiger partial charge in [-0.2, -0.15) is 0 Å². The van der Waals surface area contributed by atoms with Crippen LogP contribution < -0.4 is 5.32 Å². The topological polar surface area (TPSA) is 49.9 Å². The average Bonchev–Trinajstić information content (AvgIpc) is 2.73. The van der Waals surface area contributed by atoms with Crippen molar-refractivity contribution in [2.45, 2.75) is 45.6 Å². The van der Waals surface area contributed by atoms with Crippen LogP contribution in [-0.2, 0) is 11.2 Å². The minimum absolute atomic E-state index is 0.0146. The van der Waals surface area contributed by atoms with Gasteiger partial charge in [0.25, 0.3) is 0 Å². The van der Waals surface area contributed by atoms with Crippen LogP contribution >= 0.6 is 0 Å². The summed E-state index contributed by atoms with van der Waals surface area (Å²) in [6.07, 6.45) is 6.86. The zero-order chi connectivity index (χ0) is 12.6. The van der Waals surface area contributed by atoms with Gasteiger partial charge in [0.1, 0.15) is 5.82 Å². The van der Waals surface area contributed by atoms with Crippen molar-refractivity contribution in [3.63, 3.8) is 0 Å². The quantitative estimate of drug-likeness (QED) is 0.683. The number of H-pyrrole nitrogens is 1. The lowest BCUT2D eigenvalue weighted by atomic mass is 10.2. The van der Waals surface area contributed by atoms with Crippen molar-refractivity contribution in [3.05, 3.63) is 18.2 Å². The summed E-state index contributed by atoms with van der Waals surface area (Å²) >= 11 is 0. The molecule has 0 saturated carbocycles. The van der Waals surface area contributed by atoms with E-state index in [4.69, 9.17) is 4.74 Å². The summed E-state index contributed by atoms with van der Waals surface area (Å²) in [7, 11) is 0. The number of nitrogens with zero attached hydrogens (tertiary/aromatic N) is 1. The lowest BCUT2D eigenvalue weighted by molar-refractivity contribution is -0.00375. The molecule has 17 heavy (non-hydrogen) atoms. The van der Waals surface area contributed by atoms with Gasteiger partial charge in [-0.15, -0.1) is 0 Å². The lowest BCUT2D eigenvalue weighted by Crippen LogP contribution is -2.23. The van der Waals surface area contributed by atoms with Crippen molar-refractivity contribution >= 4 is 0 Å². The van der Waals surface area contributed by atoms with E-state index in [0.29, 0.717) is 0 Å². The second-order valence-corrected chi connectivity index (χ2v) is 5.20. The second kappa shape index (κ2) is 7.45. The number of hydrogen-bond donors (Lipinski definition) is 2. The third-order valence-electron chi connectivity index (χ3n) is 2.35. The van der Waals surface area contributed by atoms with E-state index in [9.17, 15) is 0 Å². The summed E-state index contributed by atoms with van der Waals surface area (Å²) in [6, 6.07) is 0. The first-order valence-corrected chi connectivity index (χ1v) is 6.41. The number of aromatic amines is 1. The number of imidazole rings is 1. The fourth-order valence-corrected chi connectivity index (χ4v) is 1.52. The molecule has 2 N–H and O–H groups in total. The van der Waals surface area contributed by atoms with Gasteiger partial charge in [0.15, 0.2) is 0 Å². The van der Waals surface area contributed by atoms with Crippen molar-refractivity contribution in [1.82, 2.24) is 15.3 Å². The molecule has 0 fully saturated rings. The van der Waals surface area contributed by atoms with Gasteiger partial charge in [-0.3, -0.25) is 0 Å². The Hall–Kier alpha value is -0.870. The van der Waals surface area contributed by atoms with Crippen LogP contribution in [0.5, 0.6) is 0 Å². The number of ether oxygens (including phenoxy) is 1. The molecule has 1 heterocycles. The summed E-state index contributed by atoms with van der Waals surface area (Å²) in [5.41, 5.74) is -0.0146. The van der Waals surface area contributed by atoms with Gasteiger partial charge in [0.2, 0.25) is 0 Å². The molecule has 0 atom stereocenters. The van der Waals surface area contributed by atoms with E-state index in [0.717, 1.165) is 44.8 Å². The van der Waals surface area contributed by atoms with E-state index in [1.165, 1.54) is 0 Å². The van der Waals surface area contributed by atoms with E-state index in [1.54, 1.807) is 6.20 Å². The van der Waals surface area contributed by atoms with Crippen molar-refractivity contribution < 1.29 is 4.74 Å². The molecule has 1 rings (SSSR count). The van der Waals surface area contributed by atoms with Gasteiger partial charge in [0.05, 0.1) is 5.60 Å². The highest BCUT2D eigenvalue weighted by Gasteiger charge is 2.08. The van der Waals surface area contributed by atoms with E-state index in [2.05, 4.69) is 36.1 Å². The summed E-state index contributed by atoms with van der Waals surface area (Å²) in [5.74, 6) is 1.07. The number of hydrogen-bond acceptors (Lipinski definition) is 3. The highest BCUT2D eigenvalue weighted by molar-refractivity contribution is 4.86. The van der Waals surface area contributed by atoms with Gasteiger partial charge in [0, 0.05) is 25.4 Å². The van der Waals surface area contributed by atoms with Crippen LogP contribution in [0.4, 0.5) is 0 Å². The minimum atomic E-state index is -0.0146. The Labute approximate surface area is 104 Å². The van der Waals surface area contributed by atoms with Gasteiger partial charge < -0.3 is 15.0 Å². The molecule has 0 unspecified atom stereocenters. The predicted molar refractivity (Wildman–Crippen MR) is 70.1 cm³/mol. The minimum Gasteiger partial charge on any atom is -0.376 e. The smallest absolute Gasteiger partial charge is 0.106 e. The fourth-order valence-electron chi connectivity index (χ4n) is 1.52. The first-order chi connectivity index (χ1) is 8.08. The van der Waals surface area contributed by atoms with Crippen molar-refractivity contribution in [3.8, 4) is 0 Å². The zero-order valence-electron chi connectivity index (χ0n) is 11.3. The van der Waals surface area contributed by atoms with Crippen LogP contribution in [0.25, 0.3) is 0 Å². The second-order valence-electron chi connectivity index (χ2n) is 5.20.